The van der Waals surface area contributed by atoms with Crippen LogP contribution in [0.3, 0.4) is 0 Å². The third-order valence-corrected chi connectivity index (χ3v) is 3.63. The Labute approximate surface area is 148 Å². The van der Waals surface area contributed by atoms with E-state index in [1.807, 2.05) is 18.2 Å². The lowest BCUT2D eigenvalue weighted by Gasteiger charge is -2.15. The van der Waals surface area contributed by atoms with Crippen molar-refractivity contribution in [2.24, 2.45) is 0 Å². The molecule has 0 aliphatic heterocycles. The van der Waals surface area contributed by atoms with Crippen molar-refractivity contribution in [2.75, 3.05) is 11.9 Å². The maximum Gasteiger partial charge on any atom is 0.265 e. The number of anilines is 1. The maximum absolute atomic E-state index is 12.3. The Balaban J connectivity index is 1.94. The van der Waals surface area contributed by atoms with Crippen molar-refractivity contribution in [3.63, 3.8) is 0 Å². The van der Waals surface area contributed by atoms with E-state index >= 15 is 0 Å². The van der Waals surface area contributed by atoms with Gasteiger partial charge in [-0.3, -0.25) is 9.59 Å². The quantitative estimate of drug-likeness (QED) is 0.721. The van der Waals surface area contributed by atoms with E-state index in [-0.39, 0.29) is 11.8 Å². The van der Waals surface area contributed by atoms with E-state index in [1.54, 1.807) is 43.3 Å². The van der Waals surface area contributed by atoms with Gasteiger partial charge in [-0.05, 0) is 43.7 Å². The summed E-state index contributed by atoms with van der Waals surface area (Å²) in [4.78, 5) is 24.4. The first-order valence-corrected chi connectivity index (χ1v) is 8.51. The SMILES string of the molecule is CCCCNC(=O)c1cccc(NC(=O)C(C)Oc2ccccc2)c1. The second kappa shape index (κ2) is 9.47. The van der Waals surface area contributed by atoms with Gasteiger partial charge in [0.2, 0.25) is 0 Å². The van der Waals surface area contributed by atoms with Gasteiger partial charge in [-0.15, -0.1) is 0 Å². The molecule has 0 radical (unpaired) electrons. The topological polar surface area (TPSA) is 67.4 Å². The number of carbonyl (C=O) groups is 2. The van der Waals surface area contributed by atoms with Gasteiger partial charge < -0.3 is 15.4 Å². The van der Waals surface area contributed by atoms with Crippen molar-refractivity contribution in [1.29, 1.82) is 0 Å². The number of hydrogen-bond acceptors (Lipinski definition) is 3. The first-order valence-electron chi connectivity index (χ1n) is 8.51. The summed E-state index contributed by atoms with van der Waals surface area (Å²) < 4.78 is 5.60. The number of nitrogens with one attached hydrogen (secondary N) is 2. The largest absolute Gasteiger partial charge is 0.481 e. The van der Waals surface area contributed by atoms with Crippen molar-refractivity contribution in [1.82, 2.24) is 5.32 Å². The van der Waals surface area contributed by atoms with Crippen molar-refractivity contribution in [3.05, 3.63) is 60.2 Å². The second-order valence-corrected chi connectivity index (χ2v) is 5.75. The Bertz CT molecular complexity index is 701. The van der Waals surface area contributed by atoms with Gasteiger partial charge in [-0.2, -0.15) is 0 Å². The number of carbonyl (C=O) groups excluding carboxylic acids is 2. The van der Waals surface area contributed by atoms with Crippen LogP contribution in [-0.2, 0) is 4.79 Å². The first kappa shape index (κ1) is 18.5. The molecule has 1 unspecified atom stereocenters. The number of para-hydroxylation sites is 1. The van der Waals surface area contributed by atoms with Crippen LogP contribution < -0.4 is 15.4 Å². The molecule has 2 rings (SSSR count). The standard InChI is InChI=1S/C20H24N2O3/c1-3-4-13-21-20(24)16-9-8-10-17(14-16)22-19(23)15(2)25-18-11-6-5-7-12-18/h5-12,14-15H,3-4,13H2,1-2H3,(H,21,24)(H,22,23). The molecule has 25 heavy (non-hydrogen) atoms. The van der Waals surface area contributed by atoms with Gasteiger partial charge >= 0.3 is 0 Å². The molecule has 132 valence electrons. The molecule has 0 bridgehead atoms. The Morgan fingerprint density at radius 1 is 1.08 bits per heavy atom. The zero-order chi connectivity index (χ0) is 18.1. The number of rotatable bonds is 8. The summed E-state index contributed by atoms with van der Waals surface area (Å²) in [5.41, 5.74) is 1.09. The molecule has 2 N–H and O–H groups in total. The number of amides is 2. The van der Waals surface area contributed by atoms with Crippen LogP contribution >= 0.6 is 0 Å². The smallest absolute Gasteiger partial charge is 0.265 e. The van der Waals surface area contributed by atoms with E-state index in [9.17, 15) is 9.59 Å². The Morgan fingerprint density at radius 3 is 2.56 bits per heavy atom. The molecule has 2 aromatic carbocycles. The number of ether oxygens (including phenoxy) is 1. The minimum Gasteiger partial charge on any atom is -0.481 e. The van der Waals surface area contributed by atoms with Gasteiger partial charge in [-0.25, -0.2) is 0 Å². The van der Waals surface area contributed by atoms with Gasteiger partial charge in [0, 0.05) is 17.8 Å². The minimum atomic E-state index is -0.649. The van der Waals surface area contributed by atoms with Gasteiger partial charge in [-0.1, -0.05) is 37.6 Å². The van der Waals surface area contributed by atoms with Crippen molar-refractivity contribution >= 4 is 17.5 Å². The lowest BCUT2D eigenvalue weighted by molar-refractivity contribution is -0.122. The van der Waals surface area contributed by atoms with E-state index in [1.165, 1.54) is 0 Å². The van der Waals surface area contributed by atoms with Crippen LogP contribution in [0.4, 0.5) is 5.69 Å². The summed E-state index contributed by atoms with van der Waals surface area (Å²) in [6.07, 6.45) is 1.32. The average molecular weight is 340 g/mol. The Hall–Kier alpha value is -2.82. The van der Waals surface area contributed by atoms with Crippen molar-refractivity contribution in [2.45, 2.75) is 32.8 Å². The van der Waals surface area contributed by atoms with E-state index in [2.05, 4.69) is 17.6 Å². The zero-order valence-corrected chi connectivity index (χ0v) is 14.6. The average Bonchev–Trinajstić information content (AvgIpc) is 2.63. The number of hydrogen-bond donors (Lipinski definition) is 2. The van der Waals surface area contributed by atoms with Crippen molar-refractivity contribution < 1.29 is 14.3 Å². The molecule has 0 fully saturated rings. The highest BCUT2D eigenvalue weighted by atomic mass is 16.5. The predicted octanol–water partition coefficient (Wildman–Crippen LogP) is 3.62. The molecule has 0 saturated heterocycles. The minimum absolute atomic E-state index is 0.141. The highest BCUT2D eigenvalue weighted by molar-refractivity contribution is 5.98. The Kier molecular flexibility index (Phi) is 7.01. The van der Waals surface area contributed by atoms with Crippen LogP contribution in [0.25, 0.3) is 0 Å². The molecule has 0 spiro atoms. The van der Waals surface area contributed by atoms with E-state index < -0.39 is 6.10 Å². The summed E-state index contributed by atoms with van der Waals surface area (Å²) in [5, 5.41) is 5.64. The van der Waals surface area contributed by atoms with Crippen LogP contribution in [0.5, 0.6) is 5.75 Å². The molecule has 0 aromatic heterocycles. The summed E-state index contributed by atoms with van der Waals surface area (Å²) in [6.45, 7) is 4.40. The third-order valence-electron chi connectivity index (χ3n) is 3.63. The fourth-order valence-electron chi connectivity index (χ4n) is 2.22. The third kappa shape index (κ3) is 5.95. The van der Waals surface area contributed by atoms with E-state index in [4.69, 9.17) is 4.74 Å². The maximum atomic E-state index is 12.3. The molecule has 0 heterocycles. The number of unbranched alkanes of at least 4 members (excludes halogenated alkanes) is 1. The molecule has 0 aliphatic carbocycles. The van der Waals surface area contributed by atoms with Gasteiger partial charge in [0.1, 0.15) is 5.75 Å². The molecule has 0 aliphatic rings. The summed E-state index contributed by atoms with van der Waals surface area (Å²) in [5.74, 6) is 0.222. The molecular weight excluding hydrogens is 316 g/mol. The van der Waals surface area contributed by atoms with Crippen LogP contribution in [-0.4, -0.2) is 24.5 Å². The van der Waals surface area contributed by atoms with Crippen LogP contribution in [0.2, 0.25) is 0 Å². The summed E-state index contributed by atoms with van der Waals surface area (Å²) in [6, 6.07) is 16.0. The first-order chi connectivity index (χ1) is 12.1. The fourth-order valence-corrected chi connectivity index (χ4v) is 2.22. The molecule has 5 heteroatoms. The molecular formula is C20H24N2O3. The molecule has 0 saturated carbocycles. The summed E-state index contributed by atoms with van der Waals surface area (Å²) >= 11 is 0. The zero-order valence-electron chi connectivity index (χ0n) is 14.6. The van der Waals surface area contributed by atoms with Crippen LogP contribution in [0, 0.1) is 0 Å². The monoisotopic (exact) mass is 340 g/mol. The second-order valence-electron chi connectivity index (χ2n) is 5.75. The van der Waals surface area contributed by atoms with E-state index in [0.29, 0.717) is 23.5 Å². The normalized spacial score (nSPS) is 11.4. The van der Waals surface area contributed by atoms with Crippen molar-refractivity contribution in [3.8, 4) is 5.75 Å². The van der Waals surface area contributed by atoms with Gasteiger partial charge in [0.05, 0.1) is 0 Å². The fraction of sp³-hybridized carbons (Fsp3) is 0.300. The van der Waals surface area contributed by atoms with Gasteiger partial charge in [0.15, 0.2) is 6.10 Å². The summed E-state index contributed by atoms with van der Waals surface area (Å²) in [7, 11) is 0. The Morgan fingerprint density at radius 2 is 1.84 bits per heavy atom. The predicted molar refractivity (Wildman–Crippen MR) is 98.8 cm³/mol. The lowest BCUT2D eigenvalue weighted by Crippen LogP contribution is -2.30. The molecule has 5 nitrogen and oxygen atoms in total. The van der Waals surface area contributed by atoms with Crippen LogP contribution in [0.1, 0.15) is 37.0 Å². The van der Waals surface area contributed by atoms with E-state index in [0.717, 1.165) is 12.8 Å². The highest BCUT2D eigenvalue weighted by Gasteiger charge is 2.15. The lowest BCUT2D eigenvalue weighted by atomic mass is 10.1. The highest BCUT2D eigenvalue weighted by Crippen LogP contribution is 2.14. The van der Waals surface area contributed by atoms with Crippen LogP contribution in [0.15, 0.2) is 54.6 Å². The van der Waals surface area contributed by atoms with Gasteiger partial charge in [0.25, 0.3) is 11.8 Å². The molecule has 1 atom stereocenters. The molecule has 2 amide bonds. The molecule has 2 aromatic rings. The number of benzene rings is 2.